The number of hydrogen-bond acceptors (Lipinski definition) is 2. The lowest BCUT2D eigenvalue weighted by atomic mass is 9.96. The summed E-state index contributed by atoms with van der Waals surface area (Å²) in [5.41, 5.74) is 5.97. The molecule has 1 saturated heterocycles. The normalized spacial score (nSPS) is 28.5. The minimum atomic E-state index is -4.35. The number of rotatable bonds is 3. The van der Waals surface area contributed by atoms with E-state index in [1.54, 1.807) is 6.07 Å². The van der Waals surface area contributed by atoms with E-state index in [4.69, 9.17) is 5.73 Å². The molecule has 2 fully saturated rings. The van der Waals surface area contributed by atoms with Crippen LogP contribution in [0.4, 0.5) is 13.2 Å². The van der Waals surface area contributed by atoms with E-state index >= 15 is 0 Å². The fourth-order valence-electron chi connectivity index (χ4n) is 3.77. The number of carbonyl (C=O) groups excluding carboxylic acids is 1. The molecular formula is C18H23F3N2O. The zero-order valence-electron chi connectivity index (χ0n) is 13.7. The van der Waals surface area contributed by atoms with Crippen molar-refractivity contribution in [3.63, 3.8) is 0 Å². The van der Waals surface area contributed by atoms with Crippen LogP contribution in [0, 0.1) is 5.92 Å². The predicted octanol–water partition coefficient (Wildman–Crippen LogP) is 3.54. The highest BCUT2D eigenvalue weighted by molar-refractivity contribution is 5.83. The van der Waals surface area contributed by atoms with E-state index in [1.165, 1.54) is 12.1 Å². The van der Waals surface area contributed by atoms with Crippen molar-refractivity contribution in [2.24, 2.45) is 11.7 Å². The Morgan fingerprint density at radius 2 is 2.08 bits per heavy atom. The van der Waals surface area contributed by atoms with Crippen molar-refractivity contribution in [2.45, 2.75) is 56.8 Å². The Labute approximate surface area is 140 Å². The second kappa shape index (κ2) is 6.39. The second-order valence-corrected chi connectivity index (χ2v) is 7.03. The van der Waals surface area contributed by atoms with Crippen LogP contribution in [0.1, 0.15) is 49.7 Å². The molecule has 0 radical (unpaired) electrons. The summed E-state index contributed by atoms with van der Waals surface area (Å²) in [4.78, 5) is 14.7. The summed E-state index contributed by atoms with van der Waals surface area (Å²) < 4.78 is 38.5. The molecule has 4 atom stereocenters. The first-order valence-electron chi connectivity index (χ1n) is 8.52. The molecule has 0 aromatic heterocycles. The SMILES string of the molecule is CC(N)C1CCCCN1C(=O)C1CC1c1cccc(C(F)(F)F)c1. The zero-order chi connectivity index (χ0) is 17.5. The summed E-state index contributed by atoms with van der Waals surface area (Å²) in [6.07, 6.45) is -0.780. The Hall–Kier alpha value is -1.56. The van der Waals surface area contributed by atoms with E-state index in [1.807, 2.05) is 11.8 Å². The minimum absolute atomic E-state index is 0.0500. The maximum atomic E-state index is 12.8. The van der Waals surface area contributed by atoms with Crippen LogP contribution >= 0.6 is 0 Å². The lowest BCUT2D eigenvalue weighted by molar-refractivity contribution is -0.137. The number of alkyl halides is 3. The molecule has 4 unspecified atom stereocenters. The molecule has 1 amide bonds. The van der Waals surface area contributed by atoms with Crippen molar-refractivity contribution in [3.05, 3.63) is 35.4 Å². The average Bonchev–Trinajstić information content (AvgIpc) is 3.34. The molecule has 132 valence electrons. The predicted molar refractivity (Wildman–Crippen MR) is 85.3 cm³/mol. The van der Waals surface area contributed by atoms with Crippen LogP contribution in [0.5, 0.6) is 0 Å². The Morgan fingerprint density at radius 1 is 1.33 bits per heavy atom. The second-order valence-electron chi connectivity index (χ2n) is 7.03. The van der Waals surface area contributed by atoms with Crippen LogP contribution in [0.2, 0.25) is 0 Å². The number of benzene rings is 1. The Morgan fingerprint density at radius 3 is 2.75 bits per heavy atom. The van der Waals surface area contributed by atoms with Gasteiger partial charge in [0.05, 0.1) is 5.56 Å². The molecule has 1 aromatic rings. The van der Waals surface area contributed by atoms with Crippen molar-refractivity contribution in [2.75, 3.05) is 6.54 Å². The van der Waals surface area contributed by atoms with E-state index in [-0.39, 0.29) is 29.8 Å². The fraction of sp³-hybridized carbons (Fsp3) is 0.611. The van der Waals surface area contributed by atoms with Crippen LogP contribution in [0.3, 0.4) is 0 Å². The first-order chi connectivity index (χ1) is 11.3. The van der Waals surface area contributed by atoms with Crippen LogP contribution in [0.25, 0.3) is 0 Å². The Balaban J connectivity index is 1.71. The molecule has 1 aliphatic carbocycles. The van der Waals surface area contributed by atoms with E-state index in [2.05, 4.69) is 0 Å². The van der Waals surface area contributed by atoms with Gasteiger partial charge in [-0.05, 0) is 50.2 Å². The van der Waals surface area contributed by atoms with Gasteiger partial charge in [0, 0.05) is 24.5 Å². The topological polar surface area (TPSA) is 46.3 Å². The molecular weight excluding hydrogens is 317 g/mol. The van der Waals surface area contributed by atoms with Crippen LogP contribution < -0.4 is 5.73 Å². The minimum Gasteiger partial charge on any atom is -0.338 e. The molecule has 1 aliphatic heterocycles. The molecule has 3 rings (SSSR count). The molecule has 2 N–H and O–H groups in total. The summed E-state index contributed by atoms with van der Waals surface area (Å²) in [5.74, 6) is -0.247. The smallest absolute Gasteiger partial charge is 0.338 e. The van der Waals surface area contributed by atoms with Crippen LogP contribution in [-0.4, -0.2) is 29.4 Å². The Kier molecular flexibility index (Phi) is 4.60. The van der Waals surface area contributed by atoms with E-state index in [9.17, 15) is 18.0 Å². The van der Waals surface area contributed by atoms with Gasteiger partial charge in [-0.15, -0.1) is 0 Å². The highest BCUT2D eigenvalue weighted by Crippen LogP contribution is 2.49. The van der Waals surface area contributed by atoms with E-state index < -0.39 is 11.7 Å². The van der Waals surface area contributed by atoms with Crippen molar-refractivity contribution >= 4 is 5.91 Å². The van der Waals surface area contributed by atoms with Crippen molar-refractivity contribution in [1.29, 1.82) is 0 Å². The molecule has 0 bridgehead atoms. The van der Waals surface area contributed by atoms with Crippen LogP contribution in [0.15, 0.2) is 24.3 Å². The third-order valence-electron chi connectivity index (χ3n) is 5.19. The molecule has 1 saturated carbocycles. The molecule has 3 nitrogen and oxygen atoms in total. The molecule has 6 heteroatoms. The van der Waals surface area contributed by atoms with Gasteiger partial charge < -0.3 is 10.6 Å². The highest BCUT2D eigenvalue weighted by Gasteiger charge is 2.48. The van der Waals surface area contributed by atoms with Gasteiger partial charge in [0.25, 0.3) is 0 Å². The quantitative estimate of drug-likeness (QED) is 0.915. The number of halogens is 3. The standard InChI is InChI=1S/C18H23F3N2O/c1-11(22)16-7-2-3-8-23(16)17(24)15-10-14(15)12-5-4-6-13(9-12)18(19,20)21/h4-6,9,11,14-16H,2-3,7-8,10,22H2,1H3. The summed E-state index contributed by atoms with van der Waals surface area (Å²) in [5, 5.41) is 0. The zero-order valence-corrected chi connectivity index (χ0v) is 13.7. The van der Waals surface area contributed by atoms with Crippen molar-refractivity contribution in [3.8, 4) is 0 Å². The average molecular weight is 340 g/mol. The largest absolute Gasteiger partial charge is 0.416 e. The lowest BCUT2D eigenvalue weighted by Crippen LogP contribution is -2.52. The molecule has 1 aromatic carbocycles. The summed E-state index contributed by atoms with van der Waals surface area (Å²) in [6, 6.07) is 5.32. The van der Waals surface area contributed by atoms with Gasteiger partial charge in [-0.3, -0.25) is 4.79 Å². The third-order valence-corrected chi connectivity index (χ3v) is 5.19. The number of nitrogens with two attached hydrogens (primary N) is 1. The third kappa shape index (κ3) is 3.43. The van der Waals surface area contributed by atoms with Gasteiger partial charge in [0.2, 0.25) is 5.91 Å². The number of amides is 1. The summed E-state index contributed by atoms with van der Waals surface area (Å²) in [6.45, 7) is 2.62. The van der Waals surface area contributed by atoms with Gasteiger partial charge >= 0.3 is 6.18 Å². The van der Waals surface area contributed by atoms with E-state index in [0.717, 1.165) is 25.3 Å². The van der Waals surface area contributed by atoms with E-state index in [0.29, 0.717) is 18.5 Å². The first kappa shape index (κ1) is 17.3. The highest BCUT2D eigenvalue weighted by atomic mass is 19.4. The number of carbonyl (C=O) groups is 1. The fourth-order valence-corrected chi connectivity index (χ4v) is 3.77. The molecule has 1 heterocycles. The summed E-state index contributed by atoms with van der Waals surface area (Å²) in [7, 11) is 0. The maximum Gasteiger partial charge on any atom is 0.416 e. The monoisotopic (exact) mass is 340 g/mol. The number of nitrogens with zero attached hydrogens (tertiary/aromatic N) is 1. The molecule has 0 spiro atoms. The first-order valence-corrected chi connectivity index (χ1v) is 8.52. The maximum absolute atomic E-state index is 12.8. The van der Waals surface area contributed by atoms with Gasteiger partial charge in [-0.1, -0.05) is 18.2 Å². The number of hydrogen-bond donors (Lipinski definition) is 1. The molecule has 2 aliphatic rings. The van der Waals surface area contributed by atoms with Gasteiger partial charge in [0.1, 0.15) is 0 Å². The lowest BCUT2D eigenvalue weighted by Gasteiger charge is -2.38. The number of piperidine rings is 1. The van der Waals surface area contributed by atoms with Crippen LogP contribution in [-0.2, 0) is 11.0 Å². The van der Waals surface area contributed by atoms with Crippen molar-refractivity contribution < 1.29 is 18.0 Å². The number of likely N-dealkylation sites (tertiary alicyclic amines) is 1. The van der Waals surface area contributed by atoms with Gasteiger partial charge in [0.15, 0.2) is 0 Å². The van der Waals surface area contributed by atoms with Gasteiger partial charge in [-0.2, -0.15) is 13.2 Å². The summed E-state index contributed by atoms with van der Waals surface area (Å²) >= 11 is 0. The van der Waals surface area contributed by atoms with Crippen molar-refractivity contribution in [1.82, 2.24) is 4.90 Å². The molecule has 24 heavy (non-hydrogen) atoms. The van der Waals surface area contributed by atoms with Gasteiger partial charge in [-0.25, -0.2) is 0 Å². The Bertz CT molecular complexity index is 615.